The molecule has 0 atom stereocenters. The third kappa shape index (κ3) is 4.43. The van der Waals surface area contributed by atoms with Crippen LogP contribution in [0.1, 0.15) is 31.2 Å². The van der Waals surface area contributed by atoms with Crippen LogP contribution >= 0.6 is 0 Å². The van der Waals surface area contributed by atoms with Crippen LogP contribution in [0.15, 0.2) is 17.1 Å². The van der Waals surface area contributed by atoms with Gasteiger partial charge in [0.25, 0.3) is 0 Å². The fourth-order valence-electron chi connectivity index (χ4n) is 2.87. The molecule has 0 amide bonds. The zero-order valence-electron chi connectivity index (χ0n) is 14.4. The van der Waals surface area contributed by atoms with Crippen molar-refractivity contribution in [1.29, 1.82) is 0 Å². The first-order valence-electron chi connectivity index (χ1n) is 7.97. The predicted molar refractivity (Wildman–Crippen MR) is 91.7 cm³/mol. The SMILES string of the molecule is CN=C(NCc1cc(OC)c(OC)cc1OC)NC1CCCC1. The fourth-order valence-corrected chi connectivity index (χ4v) is 2.87. The Morgan fingerprint density at radius 1 is 1.04 bits per heavy atom. The van der Waals surface area contributed by atoms with Crippen molar-refractivity contribution in [2.24, 2.45) is 4.99 Å². The zero-order valence-corrected chi connectivity index (χ0v) is 14.4. The average Bonchev–Trinajstić information content (AvgIpc) is 3.10. The average molecular weight is 321 g/mol. The Balaban J connectivity index is 2.05. The number of hydrogen-bond acceptors (Lipinski definition) is 4. The number of hydrogen-bond donors (Lipinski definition) is 2. The second-order valence-electron chi connectivity index (χ2n) is 5.57. The van der Waals surface area contributed by atoms with Crippen LogP contribution in [-0.4, -0.2) is 40.4 Å². The molecule has 6 heteroatoms. The topological polar surface area (TPSA) is 64.1 Å². The van der Waals surface area contributed by atoms with E-state index in [2.05, 4.69) is 15.6 Å². The Hall–Kier alpha value is -2.11. The highest BCUT2D eigenvalue weighted by Gasteiger charge is 2.17. The van der Waals surface area contributed by atoms with Gasteiger partial charge in [0.15, 0.2) is 17.5 Å². The van der Waals surface area contributed by atoms with E-state index in [0.717, 1.165) is 17.3 Å². The van der Waals surface area contributed by atoms with Crippen molar-refractivity contribution in [3.8, 4) is 17.2 Å². The molecule has 0 bridgehead atoms. The van der Waals surface area contributed by atoms with Gasteiger partial charge in [-0.15, -0.1) is 0 Å². The van der Waals surface area contributed by atoms with Crippen molar-refractivity contribution >= 4 is 5.96 Å². The van der Waals surface area contributed by atoms with E-state index >= 15 is 0 Å². The van der Waals surface area contributed by atoms with Crippen LogP contribution in [0, 0.1) is 0 Å². The van der Waals surface area contributed by atoms with E-state index in [1.54, 1.807) is 28.4 Å². The van der Waals surface area contributed by atoms with Crippen LogP contribution in [0.3, 0.4) is 0 Å². The summed E-state index contributed by atoms with van der Waals surface area (Å²) >= 11 is 0. The number of aliphatic imine (C=N–C) groups is 1. The van der Waals surface area contributed by atoms with Gasteiger partial charge in [0.05, 0.1) is 21.3 Å². The Labute approximate surface area is 138 Å². The molecule has 1 aliphatic carbocycles. The number of methoxy groups -OCH3 is 3. The summed E-state index contributed by atoms with van der Waals surface area (Å²) < 4.78 is 16.1. The zero-order chi connectivity index (χ0) is 16.7. The lowest BCUT2D eigenvalue weighted by Gasteiger charge is -2.18. The van der Waals surface area contributed by atoms with E-state index in [4.69, 9.17) is 14.2 Å². The van der Waals surface area contributed by atoms with Crippen molar-refractivity contribution in [3.05, 3.63) is 17.7 Å². The molecule has 0 saturated heterocycles. The van der Waals surface area contributed by atoms with Crippen LogP contribution in [-0.2, 0) is 6.54 Å². The number of nitrogens with one attached hydrogen (secondary N) is 2. The molecular formula is C17H27N3O3. The summed E-state index contributed by atoms with van der Waals surface area (Å²) in [4.78, 5) is 4.30. The Kier molecular flexibility index (Phi) is 6.38. The van der Waals surface area contributed by atoms with Crippen molar-refractivity contribution in [3.63, 3.8) is 0 Å². The van der Waals surface area contributed by atoms with Gasteiger partial charge in [-0.3, -0.25) is 4.99 Å². The van der Waals surface area contributed by atoms with Crippen molar-refractivity contribution in [2.75, 3.05) is 28.4 Å². The van der Waals surface area contributed by atoms with Gasteiger partial charge in [-0.25, -0.2) is 0 Å². The largest absolute Gasteiger partial charge is 0.496 e. The summed E-state index contributed by atoms with van der Waals surface area (Å²) in [5.74, 6) is 2.91. The molecule has 0 unspecified atom stereocenters. The molecule has 128 valence electrons. The normalized spacial score (nSPS) is 15.4. The van der Waals surface area contributed by atoms with Crippen LogP contribution in [0.5, 0.6) is 17.2 Å². The lowest BCUT2D eigenvalue weighted by Crippen LogP contribution is -2.41. The molecule has 1 saturated carbocycles. The second kappa shape index (κ2) is 8.50. The van der Waals surface area contributed by atoms with Gasteiger partial charge in [-0.05, 0) is 18.9 Å². The van der Waals surface area contributed by atoms with Crippen LogP contribution in [0.4, 0.5) is 0 Å². The second-order valence-corrected chi connectivity index (χ2v) is 5.57. The first kappa shape index (κ1) is 17.2. The lowest BCUT2D eigenvalue weighted by molar-refractivity contribution is 0.347. The van der Waals surface area contributed by atoms with Gasteiger partial charge in [0.1, 0.15) is 5.75 Å². The summed E-state index contributed by atoms with van der Waals surface area (Å²) in [6.45, 7) is 0.593. The van der Waals surface area contributed by atoms with Gasteiger partial charge in [0, 0.05) is 31.3 Å². The molecule has 0 radical (unpaired) electrons. The minimum atomic E-state index is 0.522. The molecule has 6 nitrogen and oxygen atoms in total. The minimum absolute atomic E-state index is 0.522. The highest BCUT2D eigenvalue weighted by molar-refractivity contribution is 5.80. The van der Waals surface area contributed by atoms with E-state index in [-0.39, 0.29) is 0 Å². The molecule has 0 spiro atoms. The third-order valence-corrected chi connectivity index (χ3v) is 4.15. The quantitative estimate of drug-likeness (QED) is 0.622. The summed E-state index contributed by atoms with van der Waals surface area (Å²) in [6, 6.07) is 4.28. The van der Waals surface area contributed by atoms with E-state index in [1.807, 2.05) is 12.1 Å². The Morgan fingerprint density at radius 2 is 1.65 bits per heavy atom. The number of rotatable bonds is 6. The molecule has 1 aromatic rings. The number of guanidine groups is 1. The molecule has 1 aromatic carbocycles. The highest BCUT2D eigenvalue weighted by atomic mass is 16.5. The molecule has 2 rings (SSSR count). The number of benzene rings is 1. The summed E-state index contributed by atoms with van der Waals surface area (Å²) in [7, 11) is 6.68. The first-order chi connectivity index (χ1) is 11.2. The maximum Gasteiger partial charge on any atom is 0.191 e. The van der Waals surface area contributed by atoms with Gasteiger partial charge in [0.2, 0.25) is 0 Å². The van der Waals surface area contributed by atoms with E-state index in [1.165, 1.54) is 25.7 Å². The third-order valence-electron chi connectivity index (χ3n) is 4.15. The lowest BCUT2D eigenvalue weighted by atomic mass is 10.1. The van der Waals surface area contributed by atoms with Crippen molar-refractivity contribution in [1.82, 2.24) is 10.6 Å². The van der Waals surface area contributed by atoms with Gasteiger partial charge >= 0.3 is 0 Å². The summed E-state index contributed by atoms with van der Waals surface area (Å²) in [5, 5.41) is 6.81. The standard InChI is InChI=1S/C17H27N3O3/c1-18-17(20-13-7-5-6-8-13)19-11-12-9-15(22-3)16(23-4)10-14(12)21-2/h9-10,13H,5-8,11H2,1-4H3,(H2,18,19,20). The predicted octanol–water partition coefficient (Wildman–Crippen LogP) is 2.32. The summed E-state index contributed by atoms with van der Waals surface area (Å²) in [5.41, 5.74) is 0.986. The number of ether oxygens (including phenoxy) is 3. The Bertz CT molecular complexity index is 540. The molecule has 23 heavy (non-hydrogen) atoms. The molecule has 1 fully saturated rings. The minimum Gasteiger partial charge on any atom is -0.496 e. The van der Waals surface area contributed by atoms with Gasteiger partial charge in [-0.1, -0.05) is 12.8 Å². The van der Waals surface area contributed by atoms with Gasteiger partial charge in [-0.2, -0.15) is 0 Å². The highest BCUT2D eigenvalue weighted by Crippen LogP contribution is 2.34. The molecule has 0 heterocycles. The first-order valence-corrected chi connectivity index (χ1v) is 7.97. The van der Waals surface area contributed by atoms with E-state index in [9.17, 15) is 0 Å². The van der Waals surface area contributed by atoms with E-state index < -0.39 is 0 Å². The molecule has 2 N–H and O–H groups in total. The van der Waals surface area contributed by atoms with Crippen molar-refractivity contribution in [2.45, 2.75) is 38.3 Å². The van der Waals surface area contributed by atoms with Gasteiger partial charge < -0.3 is 24.8 Å². The Morgan fingerprint density at radius 3 is 2.22 bits per heavy atom. The van der Waals surface area contributed by atoms with Crippen LogP contribution in [0.2, 0.25) is 0 Å². The molecule has 0 aromatic heterocycles. The smallest absolute Gasteiger partial charge is 0.191 e. The van der Waals surface area contributed by atoms with E-state index in [0.29, 0.717) is 24.1 Å². The summed E-state index contributed by atoms with van der Waals surface area (Å²) in [6.07, 6.45) is 5.00. The molecular weight excluding hydrogens is 294 g/mol. The van der Waals surface area contributed by atoms with Crippen LogP contribution in [0.25, 0.3) is 0 Å². The maximum atomic E-state index is 5.45. The maximum absolute atomic E-state index is 5.45. The molecule has 0 aliphatic heterocycles. The van der Waals surface area contributed by atoms with Crippen LogP contribution < -0.4 is 24.8 Å². The fraction of sp³-hybridized carbons (Fsp3) is 0.588. The number of nitrogens with zero attached hydrogens (tertiary/aromatic N) is 1. The van der Waals surface area contributed by atoms with Crippen molar-refractivity contribution < 1.29 is 14.2 Å². The monoisotopic (exact) mass is 321 g/mol. The molecule has 1 aliphatic rings.